The van der Waals surface area contributed by atoms with Crippen LogP contribution in [-0.4, -0.2) is 45.2 Å². The van der Waals surface area contributed by atoms with Crippen LogP contribution in [0.2, 0.25) is 0 Å². The molecule has 2 heterocycles. The molecule has 4 atom stereocenters. The van der Waals surface area contributed by atoms with E-state index in [2.05, 4.69) is 4.98 Å². The Kier molecular flexibility index (Phi) is 2.83. The molecule has 4 N–H and O–H groups in total. The van der Waals surface area contributed by atoms with Crippen LogP contribution in [0.4, 0.5) is 0 Å². The molecule has 5 heteroatoms. The Morgan fingerprint density at radius 3 is 2.61 bits per heavy atom. The Labute approximate surface area is 104 Å². The van der Waals surface area contributed by atoms with E-state index in [0.29, 0.717) is 5.69 Å². The van der Waals surface area contributed by atoms with Crippen molar-refractivity contribution < 1.29 is 20.1 Å². The number of hydrogen-bond acceptors (Lipinski definition) is 4. The maximum atomic E-state index is 9.93. The van der Waals surface area contributed by atoms with Gasteiger partial charge in [0.25, 0.3) is 0 Å². The number of para-hydroxylation sites is 1. The van der Waals surface area contributed by atoms with Gasteiger partial charge >= 0.3 is 0 Å². The predicted octanol–water partition coefficient (Wildman–Crippen LogP) is 0.322. The summed E-state index contributed by atoms with van der Waals surface area (Å²) in [6.45, 7) is -0.311. The molecule has 18 heavy (non-hydrogen) atoms. The number of nitrogens with one attached hydrogen (secondary N) is 1. The van der Waals surface area contributed by atoms with E-state index in [1.54, 1.807) is 0 Å². The smallest absolute Gasteiger partial charge is 0.126 e. The second kappa shape index (κ2) is 4.37. The van der Waals surface area contributed by atoms with Crippen molar-refractivity contribution in [1.29, 1.82) is 0 Å². The van der Waals surface area contributed by atoms with Crippen LogP contribution in [0.3, 0.4) is 0 Å². The first-order chi connectivity index (χ1) is 8.70. The molecule has 1 fully saturated rings. The number of rotatable bonds is 2. The molecule has 0 bridgehead atoms. The third-order valence-corrected chi connectivity index (χ3v) is 3.40. The molecule has 1 aromatic carbocycles. The minimum absolute atomic E-state index is 0.311. The first-order valence-corrected chi connectivity index (χ1v) is 5.91. The maximum Gasteiger partial charge on any atom is 0.126 e. The molecule has 96 valence electrons. The Bertz CT molecular complexity index is 520. The van der Waals surface area contributed by atoms with Gasteiger partial charge in [-0.05, 0) is 17.5 Å². The van der Waals surface area contributed by atoms with Crippen molar-refractivity contribution in [2.24, 2.45) is 0 Å². The van der Waals surface area contributed by atoms with E-state index in [0.717, 1.165) is 10.9 Å². The molecule has 0 amide bonds. The average molecular weight is 249 g/mol. The summed E-state index contributed by atoms with van der Waals surface area (Å²) in [6, 6.07) is 9.61. The average Bonchev–Trinajstić information content (AvgIpc) is 2.92. The minimum atomic E-state index is -1.06. The van der Waals surface area contributed by atoms with Crippen LogP contribution < -0.4 is 0 Å². The highest BCUT2D eigenvalue weighted by Crippen LogP contribution is 2.34. The van der Waals surface area contributed by atoms with Crippen LogP contribution in [0.1, 0.15) is 11.8 Å². The lowest BCUT2D eigenvalue weighted by molar-refractivity contribution is -0.0237. The fourth-order valence-corrected chi connectivity index (χ4v) is 2.41. The van der Waals surface area contributed by atoms with Gasteiger partial charge in [0.05, 0.1) is 6.61 Å². The highest BCUT2D eigenvalue weighted by Gasteiger charge is 2.43. The number of hydrogen-bond donors (Lipinski definition) is 4. The molecule has 1 saturated heterocycles. The monoisotopic (exact) mass is 249 g/mol. The van der Waals surface area contributed by atoms with Gasteiger partial charge in [-0.25, -0.2) is 0 Å². The number of H-pyrrole nitrogens is 1. The molecule has 5 nitrogen and oxygen atoms in total. The van der Waals surface area contributed by atoms with E-state index in [4.69, 9.17) is 9.84 Å². The van der Waals surface area contributed by atoms with Crippen molar-refractivity contribution in [3.8, 4) is 0 Å². The predicted molar refractivity (Wildman–Crippen MR) is 65.0 cm³/mol. The minimum Gasteiger partial charge on any atom is -0.394 e. The number of aliphatic hydroxyl groups is 3. The van der Waals surface area contributed by atoms with Crippen LogP contribution in [0.15, 0.2) is 30.3 Å². The second-order valence-corrected chi connectivity index (χ2v) is 4.57. The summed E-state index contributed by atoms with van der Waals surface area (Å²) in [5, 5.41) is 29.7. The van der Waals surface area contributed by atoms with Crippen molar-refractivity contribution in [1.82, 2.24) is 4.98 Å². The van der Waals surface area contributed by atoms with Gasteiger partial charge in [-0.1, -0.05) is 18.2 Å². The van der Waals surface area contributed by atoms with E-state index in [-0.39, 0.29) is 6.61 Å². The van der Waals surface area contributed by atoms with Gasteiger partial charge < -0.3 is 25.0 Å². The van der Waals surface area contributed by atoms with Crippen LogP contribution in [0.25, 0.3) is 10.9 Å². The fraction of sp³-hybridized carbons (Fsp3) is 0.385. The Hall–Kier alpha value is -1.40. The van der Waals surface area contributed by atoms with Crippen molar-refractivity contribution in [2.75, 3.05) is 6.61 Å². The second-order valence-electron chi connectivity index (χ2n) is 4.57. The first-order valence-electron chi connectivity index (χ1n) is 5.91. The van der Waals surface area contributed by atoms with E-state index in [1.807, 2.05) is 30.3 Å². The molecule has 2 aromatic rings. The van der Waals surface area contributed by atoms with Gasteiger partial charge in [0.1, 0.15) is 24.4 Å². The Morgan fingerprint density at radius 2 is 1.94 bits per heavy atom. The van der Waals surface area contributed by atoms with E-state index in [9.17, 15) is 10.2 Å². The number of aromatic amines is 1. The maximum absolute atomic E-state index is 9.93. The molecule has 3 rings (SSSR count). The Balaban J connectivity index is 1.95. The highest BCUT2D eigenvalue weighted by molar-refractivity contribution is 5.80. The van der Waals surface area contributed by atoms with Crippen molar-refractivity contribution in [2.45, 2.75) is 24.4 Å². The molecule has 0 spiro atoms. The number of ether oxygens (including phenoxy) is 1. The third-order valence-electron chi connectivity index (χ3n) is 3.40. The SMILES string of the molecule is OC[C@H]1O[C@@H](c2cc3ccccc3[nH]2)[C@H](O)[C@@H]1O. The summed E-state index contributed by atoms with van der Waals surface area (Å²) in [6.07, 6.45) is -3.47. The third kappa shape index (κ3) is 1.72. The standard InChI is InChI=1S/C13H15NO4/c15-6-10-11(16)12(17)13(18-10)9-5-7-3-1-2-4-8(7)14-9/h1-5,10-17H,6H2/t10-,11-,12-,13+/m1/s1. The van der Waals surface area contributed by atoms with Gasteiger partial charge in [0, 0.05) is 11.2 Å². The summed E-state index contributed by atoms with van der Waals surface area (Å²) >= 11 is 0. The number of benzene rings is 1. The molecule has 0 radical (unpaired) electrons. The molecule has 1 aliphatic rings. The van der Waals surface area contributed by atoms with Crippen LogP contribution in [0, 0.1) is 0 Å². The van der Waals surface area contributed by atoms with Crippen molar-refractivity contribution in [3.05, 3.63) is 36.0 Å². The lowest BCUT2D eigenvalue weighted by atomic mass is 10.1. The van der Waals surface area contributed by atoms with Gasteiger partial charge in [-0.2, -0.15) is 0 Å². The zero-order valence-corrected chi connectivity index (χ0v) is 9.65. The normalized spacial score (nSPS) is 32.2. The summed E-state index contributed by atoms with van der Waals surface area (Å²) in [5.41, 5.74) is 1.66. The Morgan fingerprint density at radius 1 is 1.17 bits per heavy atom. The van der Waals surface area contributed by atoms with Gasteiger partial charge in [-0.3, -0.25) is 0 Å². The topological polar surface area (TPSA) is 85.7 Å². The zero-order valence-electron chi connectivity index (χ0n) is 9.65. The number of aliphatic hydroxyl groups excluding tert-OH is 3. The molecule has 1 aromatic heterocycles. The summed E-state index contributed by atoms with van der Waals surface area (Å²) in [7, 11) is 0. The number of fused-ring (bicyclic) bond motifs is 1. The van der Waals surface area contributed by atoms with Gasteiger partial charge in [-0.15, -0.1) is 0 Å². The van der Waals surface area contributed by atoms with Gasteiger partial charge in [0.2, 0.25) is 0 Å². The molecular weight excluding hydrogens is 234 g/mol. The van der Waals surface area contributed by atoms with E-state index >= 15 is 0 Å². The zero-order chi connectivity index (χ0) is 12.7. The summed E-state index contributed by atoms with van der Waals surface area (Å²) in [4.78, 5) is 3.16. The fourth-order valence-electron chi connectivity index (χ4n) is 2.41. The summed E-state index contributed by atoms with van der Waals surface area (Å²) in [5.74, 6) is 0. The van der Waals surface area contributed by atoms with E-state index in [1.165, 1.54) is 0 Å². The van der Waals surface area contributed by atoms with Crippen LogP contribution in [-0.2, 0) is 4.74 Å². The lowest BCUT2D eigenvalue weighted by Crippen LogP contribution is -2.32. The van der Waals surface area contributed by atoms with Crippen LogP contribution in [0.5, 0.6) is 0 Å². The summed E-state index contributed by atoms with van der Waals surface area (Å²) < 4.78 is 5.47. The van der Waals surface area contributed by atoms with Crippen molar-refractivity contribution in [3.63, 3.8) is 0 Å². The molecule has 0 saturated carbocycles. The number of aromatic nitrogens is 1. The largest absolute Gasteiger partial charge is 0.394 e. The molecular formula is C13H15NO4. The molecule has 0 unspecified atom stereocenters. The van der Waals surface area contributed by atoms with E-state index < -0.39 is 24.4 Å². The first kappa shape index (κ1) is 11.7. The molecule has 0 aliphatic carbocycles. The quantitative estimate of drug-likeness (QED) is 0.617. The van der Waals surface area contributed by atoms with Gasteiger partial charge in [0.15, 0.2) is 0 Å². The van der Waals surface area contributed by atoms with Crippen LogP contribution >= 0.6 is 0 Å². The highest BCUT2D eigenvalue weighted by atomic mass is 16.6. The molecule has 1 aliphatic heterocycles. The van der Waals surface area contributed by atoms with Crippen molar-refractivity contribution >= 4 is 10.9 Å². The lowest BCUT2D eigenvalue weighted by Gasteiger charge is -2.12.